The van der Waals surface area contributed by atoms with Gasteiger partial charge in [-0.15, -0.1) is 0 Å². The van der Waals surface area contributed by atoms with E-state index in [1.807, 2.05) is 18.5 Å². The molecule has 124 valence electrons. The number of aliphatic carboxylic acids is 1. The molecule has 1 aromatic rings. The number of carboxylic acid groups (broad SMARTS) is 1. The first kappa shape index (κ1) is 18.2. The van der Waals surface area contributed by atoms with Gasteiger partial charge >= 0.3 is 5.97 Å². The van der Waals surface area contributed by atoms with Crippen LogP contribution >= 0.6 is 0 Å². The van der Waals surface area contributed by atoms with Gasteiger partial charge in [-0.3, -0.25) is 9.48 Å². The van der Waals surface area contributed by atoms with Crippen LogP contribution in [0.3, 0.4) is 0 Å². The van der Waals surface area contributed by atoms with Crippen LogP contribution in [0.15, 0.2) is 0 Å². The normalized spacial score (nSPS) is 11.0. The number of amides is 1. The van der Waals surface area contributed by atoms with Gasteiger partial charge in [0, 0.05) is 24.3 Å². The highest BCUT2D eigenvalue weighted by Gasteiger charge is 2.15. The maximum atomic E-state index is 11.9. The van der Waals surface area contributed by atoms with E-state index in [1.54, 1.807) is 0 Å². The van der Waals surface area contributed by atoms with Crippen LogP contribution < -0.4 is 5.32 Å². The summed E-state index contributed by atoms with van der Waals surface area (Å²) in [5.41, 5.74) is 2.84. The predicted molar refractivity (Wildman–Crippen MR) is 81.7 cm³/mol. The summed E-state index contributed by atoms with van der Waals surface area (Å²) in [6.07, 6.45) is 0.273. The number of nitrogens with one attached hydrogen (secondary N) is 1. The van der Waals surface area contributed by atoms with Crippen molar-refractivity contribution in [2.45, 2.75) is 40.7 Å². The van der Waals surface area contributed by atoms with Gasteiger partial charge in [0.25, 0.3) is 0 Å². The molecule has 0 fully saturated rings. The lowest BCUT2D eigenvalue weighted by molar-refractivity contribution is -0.142. The van der Waals surface area contributed by atoms with Gasteiger partial charge < -0.3 is 15.2 Å². The molecule has 0 aromatic carbocycles. The Labute approximate surface area is 130 Å². The Morgan fingerprint density at radius 1 is 1.36 bits per heavy atom. The third kappa shape index (κ3) is 5.85. The maximum absolute atomic E-state index is 11.9. The van der Waals surface area contributed by atoms with Crippen LogP contribution in [-0.2, 0) is 27.3 Å². The highest BCUT2D eigenvalue weighted by atomic mass is 16.5. The second-order valence-corrected chi connectivity index (χ2v) is 5.70. The largest absolute Gasteiger partial charge is 0.480 e. The van der Waals surface area contributed by atoms with Crippen LogP contribution in [0, 0.1) is 19.8 Å². The monoisotopic (exact) mass is 311 g/mol. The topological polar surface area (TPSA) is 93.5 Å². The number of carboxylic acids is 1. The summed E-state index contributed by atoms with van der Waals surface area (Å²) in [5.74, 6) is -0.643. The van der Waals surface area contributed by atoms with Gasteiger partial charge in [0.1, 0.15) is 6.61 Å². The Bertz CT molecular complexity index is 523. The molecule has 1 amide bonds. The van der Waals surface area contributed by atoms with Gasteiger partial charge in [-0.05, 0) is 19.8 Å². The van der Waals surface area contributed by atoms with E-state index in [1.165, 1.54) is 0 Å². The zero-order chi connectivity index (χ0) is 16.7. The third-order valence-corrected chi connectivity index (χ3v) is 3.20. The maximum Gasteiger partial charge on any atom is 0.329 e. The minimum atomic E-state index is -1.02. The standard InChI is InChI=1S/C15H25N3O4/c1-10(2)8-18-12(4)13(11(3)17-18)7-14(19)16-5-6-22-9-15(20)21/h10H,5-9H2,1-4H3,(H,16,19)(H,20,21). The van der Waals surface area contributed by atoms with E-state index in [9.17, 15) is 9.59 Å². The quantitative estimate of drug-likeness (QED) is 0.661. The van der Waals surface area contributed by atoms with E-state index in [2.05, 4.69) is 24.3 Å². The van der Waals surface area contributed by atoms with Crippen molar-refractivity contribution in [1.82, 2.24) is 15.1 Å². The number of aryl methyl sites for hydroxylation is 1. The van der Waals surface area contributed by atoms with Crippen molar-refractivity contribution in [1.29, 1.82) is 0 Å². The Hall–Kier alpha value is -1.89. The number of rotatable bonds is 9. The van der Waals surface area contributed by atoms with Crippen molar-refractivity contribution in [3.8, 4) is 0 Å². The van der Waals surface area contributed by atoms with E-state index < -0.39 is 5.97 Å². The zero-order valence-electron chi connectivity index (χ0n) is 13.7. The summed E-state index contributed by atoms with van der Waals surface area (Å²) in [6.45, 7) is 9.09. The summed E-state index contributed by atoms with van der Waals surface area (Å²) < 4.78 is 6.80. The highest BCUT2D eigenvalue weighted by Crippen LogP contribution is 2.15. The Morgan fingerprint density at radius 2 is 2.05 bits per heavy atom. The van der Waals surface area contributed by atoms with Crippen molar-refractivity contribution < 1.29 is 19.4 Å². The summed E-state index contributed by atoms with van der Waals surface area (Å²) in [7, 11) is 0. The van der Waals surface area contributed by atoms with Crippen LogP contribution in [0.1, 0.15) is 30.8 Å². The Balaban J connectivity index is 2.47. The zero-order valence-corrected chi connectivity index (χ0v) is 13.7. The van der Waals surface area contributed by atoms with E-state index in [4.69, 9.17) is 9.84 Å². The molecule has 1 aromatic heterocycles. The molecule has 0 spiro atoms. The van der Waals surface area contributed by atoms with E-state index in [0.717, 1.165) is 23.5 Å². The molecule has 0 atom stereocenters. The Kier molecular flexibility index (Phi) is 7.04. The van der Waals surface area contributed by atoms with E-state index in [0.29, 0.717) is 12.5 Å². The van der Waals surface area contributed by atoms with Gasteiger partial charge in [-0.2, -0.15) is 5.10 Å². The lowest BCUT2D eigenvalue weighted by atomic mass is 10.1. The van der Waals surface area contributed by atoms with Crippen molar-refractivity contribution >= 4 is 11.9 Å². The number of ether oxygens (including phenoxy) is 1. The summed E-state index contributed by atoms with van der Waals surface area (Å²) in [6, 6.07) is 0. The number of carbonyl (C=O) groups is 2. The first-order valence-corrected chi connectivity index (χ1v) is 7.40. The SMILES string of the molecule is Cc1nn(CC(C)C)c(C)c1CC(=O)NCCOCC(=O)O. The fourth-order valence-corrected chi connectivity index (χ4v) is 2.16. The van der Waals surface area contributed by atoms with Crippen LogP contribution in [-0.4, -0.2) is 46.5 Å². The average Bonchev–Trinajstić information content (AvgIpc) is 2.65. The van der Waals surface area contributed by atoms with Crippen LogP contribution in [0.4, 0.5) is 0 Å². The summed E-state index contributed by atoms with van der Waals surface area (Å²) in [4.78, 5) is 22.2. The fraction of sp³-hybridized carbons (Fsp3) is 0.667. The van der Waals surface area contributed by atoms with Gasteiger partial charge in [-0.1, -0.05) is 13.8 Å². The van der Waals surface area contributed by atoms with Gasteiger partial charge in [-0.25, -0.2) is 4.79 Å². The lowest BCUT2D eigenvalue weighted by Crippen LogP contribution is -2.29. The second-order valence-electron chi connectivity index (χ2n) is 5.70. The fourth-order valence-electron chi connectivity index (χ4n) is 2.16. The van der Waals surface area contributed by atoms with Gasteiger partial charge in [0.15, 0.2) is 0 Å². The lowest BCUT2D eigenvalue weighted by Gasteiger charge is -2.08. The smallest absolute Gasteiger partial charge is 0.329 e. The minimum absolute atomic E-state index is 0.116. The molecule has 2 N–H and O–H groups in total. The molecule has 22 heavy (non-hydrogen) atoms. The minimum Gasteiger partial charge on any atom is -0.480 e. The number of nitrogens with zero attached hydrogens (tertiary/aromatic N) is 2. The van der Waals surface area contributed by atoms with Crippen molar-refractivity contribution in [2.75, 3.05) is 19.8 Å². The second kappa shape index (κ2) is 8.53. The first-order valence-electron chi connectivity index (χ1n) is 7.40. The molecule has 0 bridgehead atoms. The molecular weight excluding hydrogens is 286 g/mol. The average molecular weight is 311 g/mol. The predicted octanol–water partition coefficient (Wildman–Crippen LogP) is 0.916. The molecule has 0 saturated carbocycles. The highest BCUT2D eigenvalue weighted by molar-refractivity contribution is 5.79. The van der Waals surface area contributed by atoms with Gasteiger partial charge in [0.2, 0.25) is 5.91 Å². The van der Waals surface area contributed by atoms with Crippen molar-refractivity contribution in [3.63, 3.8) is 0 Å². The molecule has 7 heteroatoms. The molecule has 0 aliphatic carbocycles. The van der Waals surface area contributed by atoms with Crippen molar-refractivity contribution in [3.05, 3.63) is 17.0 Å². The number of carbonyl (C=O) groups excluding carboxylic acids is 1. The van der Waals surface area contributed by atoms with Gasteiger partial charge in [0.05, 0.1) is 18.7 Å². The van der Waals surface area contributed by atoms with Crippen LogP contribution in [0.5, 0.6) is 0 Å². The molecule has 0 unspecified atom stereocenters. The number of hydrogen-bond acceptors (Lipinski definition) is 4. The first-order chi connectivity index (χ1) is 10.3. The van der Waals surface area contributed by atoms with E-state index in [-0.39, 0.29) is 25.5 Å². The molecule has 0 aliphatic rings. The molecule has 1 rings (SSSR count). The molecule has 0 radical (unpaired) electrons. The van der Waals surface area contributed by atoms with Crippen molar-refractivity contribution in [2.24, 2.45) is 5.92 Å². The third-order valence-electron chi connectivity index (χ3n) is 3.20. The van der Waals surface area contributed by atoms with Crippen LogP contribution in [0.2, 0.25) is 0 Å². The summed E-state index contributed by atoms with van der Waals surface area (Å²) >= 11 is 0. The molecule has 7 nitrogen and oxygen atoms in total. The molecular formula is C15H25N3O4. The number of hydrogen-bond donors (Lipinski definition) is 2. The number of aromatic nitrogens is 2. The van der Waals surface area contributed by atoms with E-state index >= 15 is 0 Å². The van der Waals surface area contributed by atoms with Crippen LogP contribution in [0.25, 0.3) is 0 Å². The summed E-state index contributed by atoms with van der Waals surface area (Å²) in [5, 5.41) is 15.6. The molecule has 1 heterocycles. The molecule has 0 aliphatic heterocycles. The Morgan fingerprint density at radius 3 is 2.64 bits per heavy atom. The molecule has 0 saturated heterocycles.